The number of amidine groups is 2. The number of anilines is 2. The summed E-state index contributed by atoms with van der Waals surface area (Å²) in [5.41, 5.74) is 31.4. The standard InChI is InChI=1S/C18H33N11O/c1-17(2,3)10(21)8(19)12(22)24-14-25-15(27-16(26-14)30-7)29-13(23)9(20)11(28-29)18(4,5)6/h14H,19-21,23H2,1-7H3,(H2,22,24)(H,25,26,27). The summed E-state index contributed by atoms with van der Waals surface area (Å²) in [6, 6.07) is 0.152. The van der Waals surface area contributed by atoms with Crippen LogP contribution in [-0.2, 0) is 10.2 Å². The molecule has 0 aliphatic carbocycles. The number of nitrogens with zero attached hydrogens (tertiary/aromatic N) is 5. The van der Waals surface area contributed by atoms with Gasteiger partial charge < -0.3 is 33.4 Å². The molecular weight excluding hydrogens is 386 g/mol. The molecule has 0 bridgehead atoms. The summed E-state index contributed by atoms with van der Waals surface area (Å²) in [6.07, 6.45) is -0.981. The predicted octanol–water partition coefficient (Wildman–Crippen LogP) is -0.0294. The lowest BCUT2D eigenvalue weighted by atomic mass is 9.91. The smallest absolute Gasteiger partial charge is 0.295 e. The Hall–Kier alpha value is -3.44. The number of nitrogens with two attached hydrogens (primary N) is 5. The molecule has 0 amide bonds. The Kier molecular flexibility index (Phi) is 5.91. The van der Waals surface area contributed by atoms with Gasteiger partial charge >= 0.3 is 0 Å². The molecule has 12 heteroatoms. The van der Waals surface area contributed by atoms with Crippen molar-refractivity contribution < 1.29 is 4.74 Å². The van der Waals surface area contributed by atoms with Gasteiger partial charge in [0.15, 0.2) is 5.82 Å². The Morgan fingerprint density at radius 1 is 1.07 bits per heavy atom. The average molecular weight is 420 g/mol. The van der Waals surface area contributed by atoms with Gasteiger partial charge in [0, 0.05) is 16.5 Å². The zero-order valence-electron chi connectivity index (χ0n) is 18.6. The van der Waals surface area contributed by atoms with Gasteiger partial charge in [0.2, 0.25) is 12.2 Å². The molecule has 1 aliphatic rings. The highest BCUT2D eigenvalue weighted by Gasteiger charge is 2.28. The number of methoxy groups -OCH3 is 1. The van der Waals surface area contributed by atoms with Crippen molar-refractivity contribution in [3.63, 3.8) is 0 Å². The van der Waals surface area contributed by atoms with Gasteiger partial charge in [0.1, 0.15) is 5.84 Å². The van der Waals surface area contributed by atoms with E-state index >= 15 is 0 Å². The van der Waals surface area contributed by atoms with Crippen molar-refractivity contribution in [1.82, 2.24) is 15.1 Å². The molecule has 0 radical (unpaired) electrons. The summed E-state index contributed by atoms with van der Waals surface area (Å²) < 4.78 is 6.61. The van der Waals surface area contributed by atoms with Gasteiger partial charge in [0.05, 0.1) is 24.2 Å². The van der Waals surface area contributed by atoms with Gasteiger partial charge in [-0.15, -0.1) is 0 Å². The molecule has 1 aromatic rings. The quantitative estimate of drug-likeness (QED) is 0.283. The van der Waals surface area contributed by atoms with Crippen LogP contribution >= 0.6 is 0 Å². The van der Waals surface area contributed by atoms with Crippen molar-refractivity contribution >= 4 is 29.3 Å². The first-order chi connectivity index (χ1) is 13.7. The van der Waals surface area contributed by atoms with E-state index in [2.05, 4.69) is 25.4 Å². The van der Waals surface area contributed by atoms with Crippen molar-refractivity contribution in [3.05, 3.63) is 17.1 Å². The highest BCUT2D eigenvalue weighted by molar-refractivity contribution is 6.01. The van der Waals surface area contributed by atoms with Gasteiger partial charge in [0.25, 0.3) is 6.02 Å². The number of hydrogen-bond donors (Lipinski definition) is 6. The van der Waals surface area contributed by atoms with Crippen LogP contribution in [-0.4, -0.2) is 41.0 Å². The molecule has 2 heterocycles. The molecule has 1 aromatic heterocycles. The number of aliphatic imine (C=N–C) groups is 3. The van der Waals surface area contributed by atoms with E-state index in [1.54, 1.807) is 0 Å². The van der Waals surface area contributed by atoms with E-state index in [-0.39, 0.29) is 40.2 Å². The molecule has 1 unspecified atom stereocenters. The third kappa shape index (κ3) is 4.58. The minimum Gasteiger partial charge on any atom is -0.468 e. The first kappa shape index (κ1) is 22.8. The number of aromatic nitrogens is 2. The fourth-order valence-corrected chi connectivity index (χ4v) is 2.57. The van der Waals surface area contributed by atoms with Crippen LogP contribution in [0.1, 0.15) is 47.2 Å². The van der Waals surface area contributed by atoms with E-state index in [1.165, 1.54) is 11.8 Å². The predicted molar refractivity (Wildman–Crippen MR) is 120 cm³/mol. The number of ether oxygens (including phenoxy) is 1. The Bertz CT molecular complexity index is 939. The van der Waals surface area contributed by atoms with Crippen LogP contribution in [0, 0.1) is 5.41 Å². The van der Waals surface area contributed by atoms with Crippen molar-refractivity contribution in [1.29, 1.82) is 0 Å². The maximum absolute atomic E-state index is 6.17. The lowest BCUT2D eigenvalue weighted by molar-refractivity contribution is 0.380. The Morgan fingerprint density at radius 2 is 1.67 bits per heavy atom. The second kappa shape index (κ2) is 7.76. The van der Waals surface area contributed by atoms with Crippen LogP contribution in [0.5, 0.6) is 0 Å². The molecule has 30 heavy (non-hydrogen) atoms. The first-order valence-corrected chi connectivity index (χ1v) is 9.37. The van der Waals surface area contributed by atoms with Crippen molar-refractivity contribution in [2.75, 3.05) is 18.6 Å². The van der Waals surface area contributed by atoms with Gasteiger partial charge in [-0.05, 0) is 0 Å². The number of hydrogen-bond acceptors (Lipinski definition) is 10. The molecule has 166 valence electrons. The van der Waals surface area contributed by atoms with Crippen LogP contribution in [0.2, 0.25) is 0 Å². The van der Waals surface area contributed by atoms with E-state index in [0.29, 0.717) is 17.1 Å². The molecule has 0 spiro atoms. The van der Waals surface area contributed by atoms with E-state index < -0.39 is 6.29 Å². The van der Waals surface area contributed by atoms with Gasteiger partial charge in [-0.2, -0.15) is 14.8 Å². The summed E-state index contributed by atoms with van der Waals surface area (Å²) in [5.74, 6) is 0.477. The Balaban J connectivity index is 2.51. The summed E-state index contributed by atoms with van der Waals surface area (Å²) in [5, 5.41) is 7.41. The number of nitrogen functional groups attached to an aromatic ring is 2. The number of nitrogens with one attached hydrogen (secondary N) is 1. The van der Waals surface area contributed by atoms with Gasteiger partial charge in [-0.3, -0.25) is 5.32 Å². The topological polar surface area (TPSA) is 206 Å². The van der Waals surface area contributed by atoms with Crippen LogP contribution < -0.4 is 34.0 Å². The van der Waals surface area contributed by atoms with E-state index in [4.69, 9.17) is 33.4 Å². The fraction of sp³-hybridized carbons (Fsp3) is 0.556. The second-order valence-corrected chi connectivity index (χ2v) is 8.96. The molecular formula is C18H33N11O. The summed E-state index contributed by atoms with van der Waals surface area (Å²) in [7, 11) is 1.45. The van der Waals surface area contributed by atoms with Crippen molar-refractivity contribution in [2.45, 2.75) is 53.2 Å². The average Bonchev–Trinajstić information content (AvgIpc) is 2.94. The maximum atomic E-state index is 6.17. The molecule has 0 saturated heterocycles. The minimum atomic E-state index is -0.981. The largest absolute Gasteiger partial charge is 0.468 e. The lowest BCUT2D eigenvalue weighted by Crippen LogP contribution is -2.42. The van der Waals surface area contributed by atoms with Crippen LogP contribution in [0.25, 0.3) is 0 Å². The highest BCUT2D eigenvalue weighted by Crippen LogP contribution is 2.30. The van der Waals surface area contributed by atoms with Crippen LogP contribution in [0.3, 0.4) is 0 Å². The van der Waals surface area contributed by atoms with E-state index in [1.807, 2.05) is 41.5 Å². The van der Waals surface area contributed by atoms with E-state index in [9.17, 15) is 0 Å². The summed E-state index contributed by atoms with van der Waals surface area (Å²) >= 11 is 0. The first-order valence-electron chi connectivity index (χ1n) is 9.37. The molecule has 1 aliphatic heterocycles. The summed E-state index contributed by atoms with van der Waals surface area (Å²) in [4.78, 5) is 12.9. The SMILES string of the molecule is COC1=NC(N=C(N)C(N)=C(N)C(C)(C)C)N=C(n2nc(C(C)(C)C)c(N)c2N)N1. The lowest BCUT2D eigenvalue weighted by Gasteiger charge is -2.22. The van der Waals surface area contributed by atoms with Crippen molar-refractivity contribution in [2.24, 2.45) is 37.6 Å². The van der Waals surface area contributed by atoms with E-state index in [0.717, 1.165) is 0 Å². The molecule has 0 aromatic carbocycles. The zero-order valence-corrected chi connectivity index (χ0v) is 18.6. The molecule has 1 atom stereocenters. The zero-order chi connectivity index (χ0) is 23.0. The Labute approximate surface area is 176 Å². The third-order valence-corrected chi connectivity index (χ3v) is 4.38. The minimum absolute atomic E-state index is 0.0139. The van der Waals surface area contributed by atoms with Crippen LogP contribution in [0.4, 0.5) is 11.5 Å². The molecule has 11 N–H and O–H groups in total. The molecule has 2 rings (SSSR count). The highest BCUT2D eigenvalue weighted by atomic mass is 16.5. The monoisotopic (exact) mass is 419 g/mol. The number of rotatable bonds is 2. The molecule has 0 saturated carbocycles. The van der Waals surface area contributed by atoms with Gasteiger partial charge in [-0.1, -0.05) is 41.5 Å². The summed E-state index contributed by atoms with van der Waals surface area (Å²) in [6.45, 7) is 11.7. The van der Waals surface area contributed by atoms with Gasteiger partial charge in [-0.25, -0.2) is 9.98 Å². The normalized spacial score (nSPS) is 18.9. The Morgan fingerprint density at radius 3 is 2.13 bits per heavy atom. The fourth-order valence-electron chi connectivity index (χ4n) is 2.57. The molecule has 12 nitrogen and oxygen atoms in total. The van der Waals surface area contributed by atoms with Crippen molar-refractivity contribution in [3.8, 4) is 0 Å². The maximum Gasteiger partial charge on any atom is 0.295 e. The molecule has 0 fully saturated rings. The van der Waals surface area contributed by atoms with Crippen LogP contribution in [0.15, 0.2) is 26.4 Å². The number of allylic oxidation sites excluding steroid dienone is 1. The third-order valence-electron chi connectivity index (χ3n) is 4.38. The second-order valence-electron chi connectivity index (χ2n) is 8.96.